The number of carbonyl (C=O) groups is 2. The van der Waals surface area contributed by atoms with Gasteiger partial charge in [-0.05, 0) is 26.0 Å². The molecule has 20 heavy (non-hydrogen) atoms. The summed E-state index contributed by atoms with van der Waals surface area (Å²) in [5.74, 6) is -1.02. The summed E-state index contributed by atoms with van der Waals surface area (Å²) in [5, 5.41) is 11.3. The van der Waals surface area contributed by atoms with Crippen LogP contribution in [0.2, 0.25) is 5.02 Å². The standard InChI is InChI=1S/C13H16ClNO5/c1-4-20-11-9(14)5-8(6-10(11)19-3)12(16)15-7(2)13(17)18/h5-7H,4H2,1-3H3,(H,15,16)(H,17,18). The molecule has 2 N–H and O–H groups in total. The number of carboxylic acids is 1. The molecule has 0 aliphatic heterocycles. The quantitative estimate of drug-likeness (QED) is 0.839. The van der Waals surface area contributed by atoms with Crippen molar-refractivity contribution in [2.75, 3.05) is 13.7 Å². The molecule has 0 spiro atoms. The van der Waals surface area contributed by atoms with Crippen molar-refractivity contribution in [3.05, 3.63) is 22.7 Å². The predicted octanol–water partition coefficient (Wildman–Crippen LogP) is 1.95. The van der Waals surface area contributed by atoms with Crippen molar-refractivity contribution in [2.24, 2.45) is 0 Å². The molecule has 0 aromatic heterocycles. The second-order valence-electron chi connectivity index (χ2n) is 3.96. The third kappa shape index (κ3) is 3.77. The molecule has 110 valence electrons. The molecule has 1 rings (SSSR count). The molecule has 1 unspecified atom stereocenters. The van der Waals surface area contributed by atoms with E-state index in [1.165, 1.54) is 26.2 Å². The zero-order chi connectivity index (χ0) is 15.3. The maximum Gasteiger partial charge on any atom is 0.325 e. The van der Waals surface area contributed by atoms with Crippen LogP contribution in [0.3, 0.4) is 0 Å². The van der Waals surface area contributed by atoms with Gasteiger partial charge in [0.2, 0.25) is 0 Å². The Morgan fingerprint density at radius 1 is 1.45 bits per heavy atom. The third-order valence-electron chi connectivity index (χ3n) is 2.50. The Morgan fingerprint density at radius 3 is 2.60 bits per heavy atom. The number of rotatable bonds is 6. The van der Waals surface area contributed by atoms with E-state index in [0.717, 1.165) is 0 Å². The fourth-order valence-electron chi connectivity index (χ4n) is 1.48. The number of benzene rings is 1. The highest BCUT2D eigenvalue weighted by Crippen LogP contribution is 2.36. The Kier molecular flexibility index (Phi) is 5.64. The summed E-state index contributed by atoms with van der Waals surface area (Å²) in [5.41, 5.74) is 0.198. The summed E-state index contributed by atoms with van der Waals surface area (Å²) in [6.45, 7) is 3.57. The number of nitrogens with one attached hydrogen (secondary N) is 1. The number of carboxylic acid groups (broad SMARTS) is 1. The summed E-state index contributed by atoms with van der Waals surface area (Å²) in [6.07, 6.45) is 0. The van der Waals surface area contributed by atoms with E-state index in [1.54, 1.807) is 6.92 Å². The zero-order valence-corrected chi connectivity index (χ0v) is 12.2. The van der Waals surface area contributed by atoms with Crippen molar-refractivity contribution >= 4 is 23.5 Å². The second kappa shape index (κ2) is 7.00. The Bertz CT molecular complexity index is 518. The van der Waals surface area contributed by atoms with Crippen molar-refractivity contribution in [1.29, 1.82) is 0 Å². The van der Waals surface area contributed by atoms with Gasteiger partial charge in [0, 0.05) is 5.56 Å². The van der Waals surface area contributed by atoms with Gasteiger partial charge in [0.1, 0.15) is 6.04 Å². The first kappa shape index (κ1) is 16.1. The number of halogens is 1. The van der Waals surface area contributed by atoms with Crippen LogP contribution in [0.25, 0.3) is 0 Å². The van der Waals surface area contributed by atoms with E-state index in [0.29, 0.717) is 18.1 Å². The molecule has 0 radical (unpaired) electrons. The van der Waals surface area contributed by atoms with E-state index in [1.807, 2.05) is 0 Å². The van der Waals surface area contributed by atoms with Crippen LogP contribution in [-0.2, 0) is 4.79 Å². The van der Waals surface area contributed by atoms with Gasteiger partial charge in [-0.3, -0.25) is 9.59 Å². The second-order valence-corrected chi connectivity index (χ2v) is 4.36. The van der Waals surface area contributed by atoms with E-state index in [-0.39, 0.29) is 10.6 Å². The lowest BCUT2D eigenvalue weighted by atomic mass is 10.1. The highest BCUT2D eigenvalue weighted by Gasteiger charge is 2.19. The van der Waals surface area contributed by atoms with Crippen LogP contribution in [0.15, 0.2) is 12.1 Å². The maximum absolute atomic E-state index is 11.9. The van der Waals surface area contributed by atoms with Crippen molar-refractivity contribution in [3.8, 4) is 11.5 Å². The summed E-state index contributed by atoms with van der Waals surface area (Å²) < 4.78 is 10.4. The topological polar surface area (TPSA) is 84.9 Å². The van der Waals surface area contributed by atoms with Crippen molar-refractivity contribution in [1.82, 2.24) is 5.32 Å². The third-order valence-corrected chi connectivity index (χ3v) is 2.78. The minimum absolute atomic E-state index is 0.198. The van der Waals surface area contributed by atoms with Crippen LogP contribution in [0.5, 0.6) is 11.5 Å². The van der Waals surface area contributed by atoms with Gasteiger partial charge in [0.05, 0.1) is 18.7 Å². The Morgan fingerprint density at radius 2 is 2.10 bits per heavy atom. The average molecular weight is 302 g/mol. The molecule has 0 aliphatic carbocycles. The Labute approximate surface area is 121 Å². The number of ether oxygens (including phenoxy) is 2. The van der Waals surface area contributed by atoms with Crippen LogP contribution in [-0.4, -0.2) is 36.7 Å². The SMILES string of the molecule is CCOc1c(Cl)cc(C(=O)NC(C)C(=O)O)cc1OC. The van der Waals surface area contributed by atoms with Gasteiger partial charge in [0.15, 0.2) is 11.5 Å². The van der Waals surface area contributed by atoms with Gasteiger partial charge in [-0.2, -0.15) is 0 Å². The molecule has 1 amide bonds. The molecule has 0 bridgehead atoms. The highest BCUT2D eigenvalue weighted by atomic mass is 35.5. The molecule has 0 fully saturated rings. The molecule has 0 heterocycles. The van der Waals surface area contributed by atoms with Gasteiger partial charge in [0.25, 0.3) is 5.91 Å². The van der Waals surface area contributed by atoms with Crippen molar-refractivity contribution < 1.29 is 24.2 Å². The van der Waals surface area contributed by atoms with E-state index in [4.69, 9.17) is 26.2 Å². The van der Waals surface area contributed by atoms with Crippen molar-refractivity contribution in [2.45, 2.75) is 19.9 Å². The van der Waals surface area contributed by atoms with Gasteiger partial charge >= 0.3 is 5.97 Å². The lowest BCUT2D eigenvalue weighted by Crippen LogP contribution is -2.38. The van der Waals surface area contributed by atoms with Gasteiger partial charge in [-0.15, -0.1) is 0 Å². The van der Waals surface area contributed by atoms with Crippen LogP contribution < -0.4 is 14.8 Å². The number of carbonyl (C=O) groups excluding carboxylic acids is 1. The smallest absolute Gasteiger partial charge is 0.325 e. The van der Waals surface area contributed by atoms with Crippen molar-refractivity contribution in [3.63, 3.8) is 0 Å². The fraction of sp³-hybridized carbons (Fsp3) is 0.385. The van der Waals surface area contributed by atoms with E-state index in [2.05, 4.69) is 5.32 Å². The van der Waals surface area contributed by atoms with Gasteiger partial charge in [-0.1, -0.05) is 11.6 Å². The summed E-state index contributed by atoms with van der Waals surface area (Å²) in [6, 6.07) is 1.85. The van der Waals surface area contributed by atoms with Crippen LogP contribution >= 0.6 is 11.6 Å². The first-order valence-corrected chi connectivity index (χ1v) is 6.32. The largest absolute Gasteiger partial charge is 0.493 e. The summed E-state index contributed by atoms with van der Waals surface area (Å²) in [7, 11) is 1.43. The van der Waals surface area contributed by atoms with E-state index < -0.39 is 17.9 Å². The molecule has 7 heteroatoms. The fourth-order valence-corrected chi connectivity index (χ4v) is 1.74. The monoisotopic (exact) mass is 301 g/mol. The molecule has 0 saturated heterocycles. The summed E-state index contributed by atoms with van der Waals surface area (Å²) >= 11 is 6.03. The molecule has 0 saturated carbocycles. The molecular formula is C13H16ClNO5. The zero-order valence-electron chi connectivity index (χ0n) is 11.4. The van der Waals surface area contributed by atoms with Crippen LogP contribution in [0.1, 0.15) is 24.2 Å². The normalized spacial score (nSPS) is 11.6. The number of aliphatic carboxylic acids is 1. The Balaban J connectivity index is 3.05. The lowest BCUT2D eigenvalue weighted by molar-refractivity contribution is -0.138. The van der Waals surface area contributed by atoms with Gasteiger partial charge < -0.3 is 19.9 Å². The van der Waals surface area contributed by atoms with E-state index >= 15 is 0 Å². The van der Waals surface area contributed by atoms with Gasteiger partial charge in [-0.25, -0.2) is 0 Å². The number of amides is 1. The molecule has 0 aliphatic rings. The number of hydrogen-bond donors (Lipinski definition) is 2. The lowest BCUT2D eigenvalue weighted by Gasteiger charge is -2.14. The minimum Gasteiger partial charge on any atom is -0.493 e. The summed E-state index contributed by atoms with van der Waals surface area (Å²) in [4.78, 5) is 22.6. The average Bonchev–Trinajstić information content (AvgIpc) is 2.40. The maximum atomic E-state index is 11.9. The first-order valence-electron chi connectivity index (χ1n) is 5.94. The predicted molar refractivity (Wildman–Crippen MR) is 73.7 cm³/mol. The minimum atomic E-state index is -1.12. The number of hydrogen-bond acceptors (Lipinski definition) is 4. The number of methoxy groups -OCH3 is 1. The van der Waals surface area contributed by atoms with E-state index in [9.17, 15) is 9.59 Å². The molecule has 6 nitrogen and oxygen atoms in total. The molecular weight excluding hydrogens is 286 g/mol. The molecule has 1 atom stereocenters. The molecule has 1 aromatic rings. The Hall–Kier alpha value is -1.95. The van der Waals surface area contributed by atoms with Crippen LogP contribution in [0, 0.1) is 0 Å². The highest BCUT2D eigenvalue weighted by molar-refractivity contribution is 6.32. The first-order chi connectivity index (χ1) is 9.40. The van der Waals surface area contributed by atoms with Crippen LogP contribution in [0.4, 0.5) is 0 Å². The molecule has 1 aromatic carbocycles.